The van der Waals surface area contributed by atoms with Crippen LogP contribution in [0.4, 0.5) is 0 Å². The Bertz CT molecular complexity index is 117. The Morgan fingerprint density at radius 3 is 2.91 bits per heavy atom. The molecule has 2 atom stereocenters. The van der Waals surface area contributed by atoms with Gasteiger partial charge in [-0.2, -0.15) is 0 Å². The quantitative estimate of drug-likeness (QED) is 0.594. The van der Waals surface area contributed by atoms with Crippen LogP contribution in [-0.2, 0) is 0 Å². The monoisotopic (exact) mass is 158 g/mol. The molecule has 66 valence electrons. The smallest absolute Gasteiger partial charge is 0.104 e. The molecule has 0 aromatic rings. The van der Waals surface area contributed by atoms with Crippen molar-refractivity contribution < 1.29 is 5.11 Å². The minimum atomic E-state index is -0.290. The van der Waals surface area contributed by atoms with E-state index >= 15 is 0 Å². The lowest BCUT2D eigenvalue weighted by molar-refractivity contribution is -0.0231. The predicted octanol–water partition coefficient (Wildman–Crippen LogP) is 0.00850. The van der Waals surface area contributed by atoms with Crippen LogP contribution in [0.1, 0.15) is 20.3 Å². The number of aliphatic hydroxyl groups excluding tert-OH is 1. The van der Waals surface area contributed by atoms with Crippen LogP contribution >= 0.6 is 0 Å². The van der Waals surface area contributed by atoms with E-state index in [4.69, 9.17) is 0 Å². The van der Waals surface area contributed by atoms with Gasteiger partial charge < -0.3 is 10.4 Å². The summed E-state index contributed by atoms with van der Waals surface area (Å²) in [5.41, 5.74) is 0. The first-order chi connectivity index (χ1) is 5.25. The molecular weight excluding hydrogens is 140 g/mol. The van der Waals surface area contributed by atoms with E-state index in [9.17, 15) is 5.11 Å². The van der Waals surface area contributed by atoms with Crippen molar-refractivity contribution in [3.05, 3.63) is 0 Å². The van der Waals surface area contributed by atoms with Gasteiger partial charge in [0.05, 0.1) is 0 Å². The highest BCUT2D eigenvalue weighted by atomic mass is 16.3. The number of nitrogens with zero attached hydrogens (tertiary/aromatic N) is 1. The fourth-order valence-electron chi connectivity index (χ4n) is 1.65. The van der Waals surface area contributed by atoms with Gasteiger partial charge >= 0.3 is 0 Å². The minimum Gasteiger partial charge on any atom is -0.379 e. The molecule has 0 radical (unpaired) electrons. The van der Waals surface area contributed by atoms with Gasteiger partial charge in [0, 0.05) is 25.7 Å². The third-order valence-corrected chi connectivity index (χ3v) is 2.35. The molecule has 0 aliphatic carbocycles. The summed E-state index contributed by atoms with van der Waals surface area (Å²) in [5, 5.41) is 12.7. The van der Waals surface area contributed by atoms with Crippen molar-refractivity contribution in [3.8, 4) is 0 Å². The summed E-state index contributed by atoms with van der Waals surface area (Å²) >= 11 is 0. The fourth-order valence-corrected chi connectivity index (χ4v) is 1.65. The molecule has 0 bridgehead atoms. The van der Waals surface area contributed by atoms with Crippen LogP contribution in [-0.4, -0.2) is 41.9 Å². The molecule has 1 aliphatic heterocycles. The van der Waals surface area contributed by atoms with Crippen molar-refractivity contribution >= 4 is 0 Å². The predicted molar refractivity (Wildman–Crippen MR) is 45.3 cm³/mol. The standard InChI is InChI=1S/C8H18N2O/c1-3-8-6-9-4-5-10(8)7(2)11/h7-9,11H,3-6H2,1-2H3. The lowest BCUT2D eigenvalue weighted by Crippen LogP contribution is -2.54. The largest absolute Gasteiger partial charge is 0.379 e. The molecule has 2 unspecified atom stereocenters. The summed E-state index contributed by atoms with van der Waals surface area (Å²) in [6.07, 6.45) is 0.819. The summed E-state index contributed by atoms with van der Waals surface area (Å²) in [5.74, 6) is 0. The number of rotatable bonds is 2. The maximum Gasteiger partial charge on any atom is 0.104 e. The molecule has 1 saturated heterocycles. The highest BCUT2D eigenvalue weighted by Gasteiger charge is 2.22. The third kappa shape index (κ3) is 2.15. The van der Waals surface area contributed by atoms with E-state index in [1.54, 1.807) is 0 Å². The van der Waals surface area contributed by atoms with E-state index in [0.29, 0.717) is 6.04 Å². The van der Waals surface area contributed by atoms with Gasteiger partial charge in [-0.05, 0) is 13.3 Å². The van der Waals surface area contributed by atoms with E-state index in [2.05, 4.69) is 17.1 Å². The second kappa shape index (κ2) is 4.04. The van der Waals surface area contributed by atoms with Crippen LogP contribution in [0.25, 0.3) is 0 Å². The Hall–Kier alpha value is -0.120. The lowest BCUT2D eigenvalue weighted by atomic mass is 10.1. The van der Waals surface area contributed by atoms with E-state index in [1.807, 2.05) is 6.92 Å². The van der Waals surface area contributed by atoms with Crippen LogP contribution in [0.5, 0.6) is 0 Å². The fraction of sp³-hybridized carbons (Fsp3) is 1.00. The number of hydrogen-bond donors (Lipinski definition) is 2. The zero-order valence-electron chi connectivity index (χ0n) is 7.38. The number of aliphatic hydroxyl groups is 1. The summed E-state index contributed by atoms with van der Waals surface area (Å²) in [6.45, 7) is 6.99. The normalized spacial score (nSPS) is 30.3. The van der Waals surface area contributed by atoms with Gasteiger partial charge in [0.15, 0.2) is 0 Å². The van der Waals surface area contributed by atoms with Crippen molar-refractivity contribution in [1.82, 2.24) is 10.2 Å². The molecule has 3 heteroatoms. The van der Waals surface area contributed by atoms with E-state index in [-0.39, 0.29) is 6.23 Å². The zero-order valence-corrected chi connectivity index (χ0v) is 7.38. The summed E-state index contributed by atoms with van der Waals surface area (Å²) in [4.78, 5) is 2.15. The molecule has 0 saturated carbocycles. The molecule has 1 heterocycles. The summed E-state index contributed by atoms with van der Waals surface area (Å²) in [6, 6.07) is 0.517. The molecule has 1 aliphatic rings. The second-order valence-corrected chi connectivity index (χ2v) is 3.14. The Morgan fingerprint density at radius 1 is 1.73 bits per heavy atom. The van der Waals surface area contributed by atoms with Gasteiger partial charge in [0.2, 0.25) is 0 Å². The molecule has 3 nitrogen and oxygen atoms in total. The van der Waals surface area contributed by atoms with E-state index in [1.165, 1.54) is 0 Å². The van der Waals surface area contributed by atoms with E-state index < -0.39 is 0 Å². The number of nitrogens with one attached hydrogen (secondary N) is 1. The van der Waals surface area contributed by atoms with Gasteiger partial charge in [-0.3, -0.25) is 4.90 Å². The van der Waals surface area contributed by atoms with Crippen molar-refractivity contribution in [1.29, 1.82) is 0 Å². The average Bonchev–Trinajstić information content (AvgIpc) is 2.04. The average molecular weight is 158 g/mol. The van der Waals surface area contributed by atoms with Crippen molar-refractivity contribution in [2.24, 2.45) is 0 Å². The van der Waals surface area contributed by atoms with E-state index in [0.717, 1.165) is 26.1 Å². The van der Waals surface area contributed by atoms with Gasteiger partial charge in [0.25, 0.3) is 0 Å². The highest BCUT2D eigenvalue weighted by molar-refractivity contribution is 4.78. The topological polar surface area (TPSA) is 35.5 Å². The third-order valence-electron chi connectivity index (χ3n) is 2.35. The van der Waals surface area contributed by atoms with Gasteiger partial charge in [-0.1, -0.05) is 6.92 Å². The number of hydrogen-bond acceptors (Lipinski definition) is 3. The maximum atomic E-state index is 9.38. The first-order valence-electron chi connectivity index (χ1n) is 4.40. The minimum absolute atomic E-state index is 0.290. The summed E-state index contributed by atoms with van der Waals surface area (Å²) in [7, 11) is 0. The van der Waals surface area contributed by atoms with Gasteiger partial charge in [-0.25, -0.2) is 0 Å². The lowest BCUT2D eigenvalue weighted by Gasteiger charge is -2.37. The molecule has 2 N–H and O–H groups in total. The molecular formula is C8H18N2O. The summed E-state index contributed by atoms with van der Waals surface area (Å²) < 4.78 is 0. The van der Waals surface area contributed by atoms with Crippen LogP contribution in [0.2, 0.25) is 0 Å². The van der Waals surface area contributed by atoms with Crippen molar-refractivity contribution in [3.63, 3.8) is 0 Å². The second-order valence-electron chi connectivity index (χ2n) is 3.14. The molecule has 0 spiro atoms. The molecule has 0 amide bonds. The van der Waals surface area contributed by atoms with Crippen LogP contribution in [0.3, 0.4) is 0 Å². The maximum absolute atomic E-state index is 9.38. The first kappa shape index (κ1) is 8.97. The number of piperazine rings is 1. The molecule has 0 aromatic heterocycles. The Labute approximate surface area is 68.4 Å². The highest BCUT2D eigenvalue weighted by Crippen LogP contribution is 2.09. The molecule has 1 rings (SSSR count). The SMILES string of the molecule is CCC1CNCCN1C(C)O. The van der Waals surface area contributed by atoms with Gasteiger partial charge in [0.1, 0.15) is 6.23 Å². The zero-order chi connectivity index (χ0) is 8.27. The molecule has 11 heavy (non-hydrogen) atoms. The van der Waals surface area contributed by atoms with Crippen LogP contribution in [0.15, 0.2) is 0 Å². The van der Waals surface area contributed by atoms with Crippen molar-refractivity contribution in [2.45, 2.75) is 32.5 Å². The molecule has 0 aromatic carbocycles. The van der Waals surface area contributed by atoms with Gasteiger partial charge in [-0.15, -0.1) is 0 Å². The Kier molecular flexibility index (Phi) is 3.30. The molecule has 1 fully saturated rings. The van der Waals surface area contributed by atoms with Crippen LogP contribution < -0.4 is 5.32 Å². The Morgan fingerprint density at radius 2 is 2.45 bits per heavy atom. The Balaban J connectivity index is 2.44. The van der Waals surface area contributed by atoms with Crippen molar-refractivity contribution in [2.75, 3.05) is 19.6 Å². The van der Waals surface area contributed by atoms with Crippen LogP contribution in [0, 0.1) is 0 Å². The first-order valence-corrected chi connectivity index (χ1v) is 4.40.